The van der Waals surface area contributed by atoms with Crippen molar-refractivity contribution in [3.63, 3.8) is 0 Å². The Kier molecular flexibility index (Phi) is 5.83. The fraction of sp³-hybridized carbons (Fsp3) is 0.533. The number of aliphatic hydroxyl groups is 1. The second-order valence-electron chi connectivity index (χ2n) is 5.19. The zero-order valence-corrected chi connectivity index (χ0v) is 12.3. The summed E-state index contributed by atoms with van der Waals surface area (Å²) >= 11 is 6.04. The second-order valence-corrected chi connectivity index (χ2v) is 5.60. The third-order valence-corrected chi connectivity index (χ3v) is 4.01. The standard InChI is InChI=1S/C15H21ClN2O2/c16-14-4-2-1-3-12(14)11-17-15(20)7-10-18-8-5-13(19)6-9-18/h1-4,13,19H,5-11H2,(H,17,20). The molecule has 2 N–H and O–H groups in total. The number of carbonyl (C=O) groups is 1. The van der Waals surface area contributed by atoms with Gasteiger partial charge in [0.2, 0.25) is 5.91 Å². The Hall–Kier alpha value is -1.10. The number of rotatable bonds is 5. The van der Waals surface area contributed by atoms with Gasteiger partial charge in [0.05, 0.1) is 6.10 Å². The van der Waals surface area contributed by atoms with Gasteiger partial charge in [0.1, 0.15) is 0 Å². The lowest BCUT2D eigenvalue weighted by Gasteiger charge is -2.29. The molecule has 0 spiro atoms. The Morgan fingerprint density at radius 1 is 1.35 bits per heavy atom. The normalized spacial score (nSPS) is 17.1. The van der Waals surface area contributed by atoms with E-state index in [4.69, 9.17) is 11.6 Å². The molecule has 0 aromatic heterocycles. The van der Waals surface area contributed by atoms with E-state index in [1.54, 1.807) is 0 Å². The van der Waals surface area contributed by atoms with Gasteiger partial charge in [0.15, 0.2) is 0 Å². The number of benzene rings is 1. The molecule has 1 aliphatic rings. The molecule has 1 aromatic rings. The van der Waals surface area contributed by atoms with Gasteiger partial charge in [-0.25, -0.2) is 0 Å². The molecule has 1 heterocycles. The highest BCUT2D eigenvalue weighted by Gasteiger charge is 2.17. The molecule has 2 rings (SSSR count). The number of carbonyl (C=O) groups excluding carboxylic acids is 1. The van der Waals surface area contributed by atoms with Crippen molar-refractivity contribution in [1.82, 2.24) is 10.2 Å². The van der Waals surface area contributed by atoms with Crippen LogP contribution in [0.1, 0.15) is 24.8 Å². The molecule has 110 valence electrons. The Morgan fingerprint density at radius 3 is 2.75 bits per heavy atom. The van der Waals surface area contributed by atoms with Crippen LogP contribution in [0.5, 0.6) is 0 Å². The van der Waals surface area contributed by atoms with Gasteiger partial charge in [-0.1, -0.05) is 29.8 Å². The Bertz CT molecular complexity index is 445. The van der Waals surface area contributed by atoms with Crippen molar-refractivity contribution in [2.75, 3.05) is 19.6 Å². The predicted molar refractivity (Wildman–Crippen MR) is 79.6 cm³/mol. The number of likely N-dealkylation sites (tertiary alicyclic amines) is 1. The Morgan fingerprint density at radius 2 is 2.05 bits per heavy atom. The lowest BCUT2D eigenvalue weighted by molar-refractivity contribution is -0.121. The third-order valence-electron chi connectivity index (χ3n) is 3.65. The average Bonchev–Trinajstić information content (AvgIpc) is 2.46. The van der Waals surface area contributed by atoms with Crippen molar-refractivity contribution in [1.29, 1.82) is 0 Å². The van der Waals surface area contributed by atoms with Gasteiger partial charge in [-0.05, 0) is 24.5 Å². The van der Waals surface area contributed by atoms with Crippen LogP contribution in [-0.4, -0.2) is 41.7 Å². The van der Waals surface area contributed by atoms with Crippen LogP contribution in [0.15, 0.2) is 24.3 Å². The van der Waals surface area contributed by atoms with E-state index < -0.39 is 0 Å². The van der Waals surface area contributed by atoms with Gasteiger partial charge < -0.3 is 15.3 Å². The van der Waals surface area contributed by atoms with Crippen LogP contribution < -0.4 is 5.32 Å². The SMILES string of the molecule is O=C(CCN1CCC(O)CC1)NCc1ccccc1Cl. The first-order chi connectivity index (χ1) is 9.65. The van der Waals surface area contributed by atoms with Crippen LogP contribution in [0, 0.1) is 0 Å². The monoisotopic (exact) mass is 296 g/mol. The summed E-state index contributed by atoms with van der Waals surface area (Å²) in [5.74, 6) is 0.0380. The van der Waals surface area contributed by atoms with Gasteiger partial charge in [-0.2, -0.15) is 0 Å². The molecule has 0 atom stereocenters. The van der Waals surface area contributed by atoms with Crippen molar-refractivity contribution >= 4 is 17.5 Å². The van der Waals surface area contributed by atoms with Crippen LogP contribution in [0.4, 0.5) is 0 Å². The third kappa shape index (κ3) is 4.78. The van der Waals surface area contributed by atoms with Gasteiger partial charge in [0.25, 0.3) is 0 Å². The van der Waals surface area contributed by atoms with E-state index in [1.165, 1.54) is 0 Å². The summed E-state index contributed by atoms with van der Waals surface area (Å²) in [5, 5.41) is 13.0. The average molecular weight is 297 g/mol. The number of halogens is 1. The fourth-order valence-electron chi connectivity index (χ4n) is 2.33. The Labute approximate surface area is 124 Å². The van der Waals surface area contributed by atoms with Gasteiger partial charge in [-0.15, -0.1) is 0 Å². The molecule has 4 nitrogen and oxygen atoms in total. The summed E-state index contributed by atoms with van der Waals surface area (Å²) < 4.78 is 0. The van der Waals surface area contributed by atoms with E-state index in [9.17, 15) is 9.90 Å². The summed E-state index contributed by atoms with van der Waals surface area (Å²) in [6.45, 7) is 2.97. The first kappa shape index (κ1) is 15.3. The molecule has 1 amide bonds. The summed E-state index contributed by atoms with van der Waals surface area (Å²) in [7, 11) is 0. The van der Waals surface area contributed by atoms with Gasteiger partial charge >= 0.3 is 0 Å². The maximum absolute atomic E-state index is 11.8. The Balaban J connectivity index is 1.67. The largest absolute Gasteiger partial charge is 0.393 e. The minimum atomic E-state index is -0.166. The van der Waals surface area contributed by atoms with E-state index in [0.717, 1.165) is 38.0 Å². The molecule has 1 saturated heterocycles. The van der Waals surface area contributed by atoms with E-state index >= 15 is 0 Å². The molecule has 20 heavy (non-hydrogen) atoms. The fourth-order valence-corrected chi connectivity index (χ4v) is 2.53. The van der Waals surface area contributed by atoms with E-state index in [-0.39, 0.29) is 12.0 Å². The molecule has 0 bridgehead atoms. The molecule has 0 unspecified atom stereocenters. The molecular formula is C15H21ClN2O2. The predicted octanol–water partition coefficient (Wildman–Crippen LogP) is 1.80. The van der Waals surface area contributed by atoms with E-state index in [2.05, 4.69) is 10.2 Å². The summed E-state index contributed by atoms with van der Waals surface area (Å²) in [6.07, 6.45) is 1.93. The topological polar surface area (TPSA) is 52.6 Å². The first-order valence-electron chi connectivity index (χ1n) is 7.05. The minimum absolute atomic E-state index is 0.0380. The van der Waals surface area contributed by atoms with Crippen molar-refractivity contribution in [3.8, 4) is 0 Å². The molecule has 0 radical (unpaired) electrons. The maximum atomic E-state index is 11.8. The molecule has 1 aliphatic heterocycles. The number of amides is 1. The molecule has 0 saturated carbocycles. The van der Waals surface area contributed by atoms with Crippen LogP contribution in [0.25, 0.3) is 0 Å². The number of hydrogen-bond acceptors (Lipinski definition) is 3. The zero-order valence-electron chi connectivity index (χ0n) is 11.5. The molecule has 0 aliphatic carbocycles. The summed E-state index contributed by atoms with van der Waals surface area (Å²) in [4.78, 5) is 14.0. The highest BCUT2D eigenvalue weighted by atomic mass is 35.5. The van der Waals surface area contributed by atoms with Crippen molar-refractivity contribution in [2.24, 2.45) is 0 Å². The van der Waals surface area contributed by atoms with Crippen molar-refractivity contribution < 1.29 is 9.90 Å². The lowest BCUT2D eigenvalue weighted by atomic mass is 10.1. The minimum Gasteiger partial charge on any atom is -0.393 e. The van der Waals surface area contributed by atoms with Crippen LogP contribution in [-0.2, 0) is 11.3 Å². The van der Waals surface area contributed by atoms with Crippen LogP contribution >= 0.6 is 11.6 Å². The van der Waals surface area contributed by atoms with Crippen LogP contribution in [0.3, 0.4) is 0 Å². The van der Waals surface area contributed by atoms with Crippen molar-refractivity contribution in [3.05, 3.63) is 34.9 Å². The second kappa shape index (κ2) is 7.62. The van der Waals surface area contributed by atoms with Crippen molar-refractivity contribution in [2.45, 2.75) is 31.9 Å². The molecule has 1 fully saturated rings. The van der Waals surface area contributed by atoms with E-state index in [0.29, 0.717) is 18.0 Å². The maximum Gasteiger partial charge on any atom is 0.221 e. The number of nitrogens with one attached hydrogen (secondary N) is 1. The number of aliphatic hydroxyl groups excluding tert-OH is 1. The zero-order chi connectivity index (χ0) is 14.4. The molecule has 1 aromatic carbocycles. The van der Waals surface area contributed by atoms with Crippen LogP contribution in [0.2, 0.25) is 5.02 Å². The lowest BCUT2D eigenvalue weighted by Crippen LogP contribution is -2.38. The quantitative estimate of drug-likeness (QED) is 0.871. The highest BCUT2D eigenvalue weighted by Crippen LogP contribution is 2.14. The first-order valence-corrected chi connectivity index (χ1v) is 7.43. The highest BCUT2D eigenvalue weighted by molar-refractivity contribution is 6.31. The van der Waals surface area contributed by atoms with E-state index in [1.807, 2.05) is 24.3 Å². The summed E-state index contributed by atoms with van der Waals surface area (Å²) in [6, 6.07) is 7.52. The molecular weight excluding hydrogens is 276 g/mol. The smallest absolute Gasteiger partial charge is 0.221 e. The number of piperidine rings is 1. The number of nitrogens with zero attached hydrogens (tertiary/aromatic N) is 1. The summed E-state index contributed by atoms with van der Waals surface area (Å²) in [5.41, 5.74) is 0.934. The molecule has 5 heteroatoms. The number of hydrogen-bond donors (Lipinski definition) is 2. The van der Waals surface area contributed by atoms with Gasteiger partial charge in [0, 0.05) is 37.6 Å². The van der Waals surface area contributed by atoms with Gasteiger partial charge in [-0.3, -0.25) is 4.79 Å².